The molecule has 2 heterocycles. The Morgan fingerprint density at radius 1 is 0.373 bits per heavy atom. The number of furan rings is 1. The zero-order valence-corrected chi connectivity index (χ0v) is 33.5. The molecule has 0 aliphatic heterocycles. The Bertz CT molecular complexity index is 3710. The van der Waals surface area contributed by atoms with E-state index in [1.807, 2.05) is 11.3 Å². The normalized spacial score (nSPS) is 13.4. The van der Waals surface area contributed by atoms with Gasteiger partial charge in [0.05, 0.1) is 0 Å². The molecule has 0 radical (unpaired) electrons. The minimum atomic E-state index is -0.0627. The number of fused-ring (bicyclic) bond motifs is 13. The van der Waals surface area contributed by atoms with Gasteiger partial charge in [-0.15, -0.1) is 11.3 Å². The van der Waals surface area contributed by atoms with Gasteiger partial charge in [0, 0.05) is 41.9 Å². The molecule has 0 saturated heterocycles. The van der Waals surface area contributed by atoms with E-state index in [1.165, 1.54) is 108 Å². The maximum Gasteiger partial charge on any atom is 0.135 e. The van der Waals surface area contributed by atoms with Crippen LogP contribution in [-0.4, -0.2) is 0 Å². The van der Waals surface area contributed by atoms with E-state index >= 15 is 0 Å². The average Bonchev–Trinajstić information content (AvgIpc) is 3.92. The Morgan fingerprint density at radius 2 is 0.932 bits per heavy atom. The Kier molecular flexibility index (Phi) is 6.73. The molecular formula is C57H36OS. The van der Waals surface area contributed by atoms with E-state index in [0.717, 1.165) is 21.9 Å². The van der Waals surface area contributed by atoms with Crippen LogP contribution < -0.4 is 0 Å². The lowest BCUT2D eigenvalue weighted by molar-refractivity contribution is 0.661. The summed E-state index contributed by atoms with van der Waals surface area (Å²) in [5.74, 6) is 0. The maximum atomic E-state index is 6.55. The van der Waals surface area contributed by atoms with Crippen LogP contribution in [-0.2, 0) is 5.41 Å². The molecule has 59 heavy (non-hydrogen) atoms. The standard InChI is InChI=1S/C57H36OS/c1-57(2)48-26-23-34(31-47(48)55-37-13-4-3-12-33(37)22-27-49(55)57)35-24-28-50-45(30-35)46-32-36(25-29-51(46)58-50)53-39-15-5-7-17-41(39)54(42-18-8-6-16-40(42)53)44-20-11-19-43-38-14-9-10-21-52(38)59-56(43)44/h3-32H,1-2H3. The van der Waals surface area contributed by atoms with Crippen molar-refractivity contribution < 1.29 is 4.42 Å². The zero-order chi connectivity index (χ0) is 39.0. The highest BCUT2D eigenvalue weighted by Crippen LogP contribution is 2.53. The molecule has 0 saturated carbocycles. The van der Waals surface area contributed by atoms with Crippen LogP contribution in [0.4, 0.5) is 0 Å². The highest BCUT2D eigenvalue weighted by atomic mass is 32.1. The largest absolute Gasteiger partial charge is 0.456 e. The topological polar surface area (TPSA) is 13.1 Å². The Morgan fingerprint density at radius 3 is 1.68 bits per heavy atom. The summed E-state index contributed by atoms with van der Waals surface area (Å²) in [6.07, 6.45) is 0. The van der Waals surface area contributed by atoms with Crippen LogP contribution in [0.2, 0.25) is 0 Å². The molecular weight excluding hydrogens is 733 g/mol. The summed E-state index contributed by atoms with van der Waals surface area (Å²) in [6, 6.07) is 67.5. The molecule has 1 aliphatic carbocycles. The van der Waals surface area contributed by atoms with Gasteiger partial charge in [-0.1, -0.05) is 159 Å². The molecule has 0 N–H and O–H groups in total. The van der Waals surface area contributed by atoms with E-state index < -0.39 is 0 Å². The van der Waals surface area contributed by atoms with Crippen LogP contribution in [0.25, 0.3) is 119 Å². The predicted octanol–water partition coefficient (Wildman–Crippen LogP) is 16.7. The fraction of sp³-hybridized carbons (Fsp3) is 0.0526. The highest BCUT2D eigenvalue weighted by molar-refractivity contribution is 7.26. The molecule has 13 rings (SSSR count). The van der Waals surface area contributed by atoms with Gasteiger partial charge in [0.2, 0.25) is 0 Å². The second-order valence-corrected chi connectivity index (χ2v) is 17.8. The summed E-state index contributed by atoms with van der Waals surface area (Å²) in [7, 11) is 0. The molecule has 2 aromatic heterocycles. The van der Waals surface area contributed by atoms with Crippen molar-refractivity contribution in [3.63, 3.8) is 0 Å². The minimum Gasteiger partial charge on any atom is -0.456 e. The zero-order valence-electron chi connectivity index (χ0n) is 32.6. The molecule has 0 fully saturated rings. The van der Waals surface area contributed by atoms with Crippen LogP contribution in [0.3, 0.4) is 0 Å². The summed E-state index contributed by atoms with van der Waals surface area (Å²) < 4.78 is 9.21. The Labute approximate surface area is 345 Å². The van der Waals surface area contributed by atoms with Crippen LogP contribution in [0.15, 0.2) is 186 Å². The molecule has 276 valence electrons. The summed E-state index contributed by atoms with van der Waals surface area (Å²) in [6.45, 7) is 4.72. The third kappa shape index (κ3) is 4.61. The number of thiophene rings is 1. The van der Waals surface area contributed by atoms with E-state index in [-0.39, 0.29) is 5.41 Å². The number of benzene rings is 10. The van der Waals surface area contributed by atoms with E-state index in [4.69, 9.17) is 4.42 Å². The smallest absolute Gasteiger partial charge is 0.135 e. The summed E-state index contributed by atoms with van der Waals surface area (Å²) in [5, 5.41) is 12.5. The first-order valence-corrected chi connectivity index (χ1v) is 21.3. The molecule has 1 nitrogen and oxygen atoms in total. The van der Waals surface area contributed by atoms with Gasteiger partial charge in [-0.3, -0.25) is 0 Å². The van der Waals surface area contributed by atoms with Gasteiger partial charge in [0.15, 0.2) is 0 Å². The van der Waals surface area contributed by atoms with E-state index in [1.54, 1.807) is 0 Å². The average molecular weight is 769 g/mol. The van der Waals surface area contributed by atoms with Gasteiger partial charge in [-0.05, 0) is 119 Å². The predicted molar refractivity (Wildman–Crippen MR) is 253 cm³/mol. The van der Waals surface area contributed by atoms with Crippen LogP contribution in [0.1, 0.15) is 25.0 Å². The summed E-state index contributed by atoms with van der Waals surface area (Å²) in [4.78, 5) is 0. The highest BCUT2D eigenvalue weighted by Gasteiger charge is 2.36. The molecule has 0 spiro atoms. The van der Waals surface area contributed by atoms with Crippen molar-refractivity contribution in [2.45, 2.75) is 19.3 Å². The first kappa shape index (κ1) is 33.0. The van der Waals surface area contributed by atoms with Crippen LogP contribution >= 0.6 is 11.3 Å². The fourth-order valence-electron chi connectivity index (χ4n) is 10.5. The number of hydrogen-bond donors (Lipinski definition) is 0. The van der Waals surface area contributed by atoms with Crippen LogP contribution in [0.5, 0.6) is 0 Å². The van der Waals surface area contributed by atoms with Crippen molar-refractivity contribution in [2.24, 2.45) is 0 Å². The van der Waals surface area contributed by atoms with E-state index in [2.05, 4.69) is 196 Å². The number of hydrogen-bond acceptors (Lipinski definition) is 2. The third-order valence-electron chi connectivity index (χ3n) is 13.3. The van der Waals surface area contributed by atoms with E-state index in [9.17, 15) is 0 Å². The van der Waals surface area contributed by atoms with Crippen molar-refractivity contribution in [2.75, 3.05) is 0 Å². The van der Waals surface area contributed by atoms with E-state index in [0.29, 0.717) is 0 Å². The molecule has 10 aromatic carbocycles. The molecule has 0 bridgehead atoms. The van der Waals surface area contributed by atoms with Gasteiger partial charge in [-0.2, -0.15) is 0 Å². The van der Waals surface area contributed by atoms with Gasteiger partial charge in [-0.25, -0.2) is 0 Å². The lowest BCUT2D eigenvalue weighted by Gasteiger charge is -2.21. The van der Waals surface area contributed by atoms with Crippen LogP contribution in [0, 0.1) is 0 Å². The molecule has 12 aromatic rings. The van der Waals surface area contributed by atoms with Crippen molar-refractivity contribution in [1.82, 2.24) is 0 Å². The molecule has 0 atom stereocenters. The molecule has 0 unspecified atom stereocenters. The Hall–Kier alpha value is -7.00. The first-order valence-electron chi connectivity index (χ1n) is 20.5. The van der Waals surface area contributed by atoms with Gasteiger partial charge < -0.3 is 4.42 Å². The lowest BCUT2D eigenvalue weighted by Crippen LogP contribution is -2.14. The van der Waals surface area contributed by atoms with Crippen molar-refractivity contribution in [3.05, 3.63) is 193 Å². The second-order valence-electron chi connectivity index (χ2n) is 16.7. The third-order valence-corrected chi connectivity index (χ3v) is 14.5. The van der Waals surface area contributed by atoms with Gasteiger partial charge in [0.1, 0.15) is 11.2 Å². The van der Waals surface area contributed by atoms with Crippen molar-refractivity contribution >= 4 is 85.8 Å². The second kappa shape index (κ2) is 12.0. The molecule has 1 aliphatic rings. The quantitative estimate of drug-likeness (QED) is 0.163. The SMILES string of the molecule is CC1(C)c2ccc(-c3ccc4oc5ccc(-c6c7ccccc7c(-c7cccc8c7sc7ccccc78)c7ccccc67)cc5c4c3)cc2-c2c1ccc1ccccc21. The van der Waals surface area contributed by atoms with Crippen molar-refractivity contribution in [3.8, 4) is 44.5 Å². The molecule has 2 heteroatoms. The maximum absolute atomic E-state index is 6.55. The van der Waals surface area contributed by atoms with Gasteiger partial charge in [0.25, 0.3) is 0 Å². The Balaban J connectivity index is 1.00. The summed E-state index contributed by atoms with van der Waals surface area (Å²) in [5.41, 5.74) is 14.7. The van der Waals surface area contributed by atoms with Crippen molar-refractivity contribution in [1.29, 1.82) is 0 Å². The fourth-order valence-corrected chi connectivity index (χ4v) is 11.7. The number of rotatable bonds is 3. The lowest BCUT2D eigenvalue weighted by atomic mass is 9.82. The monoisotopic (exact) mass is 768 g/mol. The molecule has 0 amide bonds. The summed E-state index contributed by atoms with van der Waals surface area (Å²) >= 11 is 1.90. The van der Waals surface area contributed by atoms with Gasteiger partial charge >= 0.3 is 0 Å². The minimum absolute atomic E-state index is 0.0627. The first-order chi connectivity index (χ1) is 29.0.